The molecule has 126 valence electrons. The molecule has 0 amide bonds. The van der Waals surface area contributed by atoms with E-state index in [2.05, 4.69) is 16.1 Å². The third kappa shape index (κ3) is 3.13. The smallest absolute Gasteiger partial charge is 0.198 e. The highest BCUT2D eigenvalue weighted by molar-refractivity contribution is 7.71. The molecule has 24 heavy (non-hydrogen) atoms. The first-order chi connectivity index (χ1) is 11.7. The molecule has 1 saturated heterocycles. The van der Waals surface area contributed by atoms with Gasteiger partial charge in [-0.25, -0.2) is 4.68 Å². The number of aliphatic hydroxyl groups excluding tert-OH is 1. The van der Waals surface area contributed by atoms with Gasteiger partial charge in [-0.2, -0.15) is 10.4 Å². The zero-order valence-electron chi connectivity index (χ0n) is 13.7. The van der Waals surface area contributed by atoms with Gasteiger partial charge in [-0.05, 0) is 30.6 Å². The average molecular weight is 343 g/mol. The first-order valence-electron chi connectivity index (χ1n) is 8.08. The van der Waals surface area contributed by atoms with E-state index in [4.69, 9.17) is 12.2 Å². The van der Waals surface area contributed by atoms with Gasteiger partial charge in [0.2, 0.25) is 0 Å². The SMILES string of the molecule is Cn1c(CO)nn(CN2CCCC2C(C#N)c2ccccc2)c1=S. The van der Waals surface area contributed by atoms with Gasteiger partial charge in [-0.3, -0.25) is 4.90 Å². The molecule has 2 unspecified atom stereocenters. The maximum Gasteiger partial charge on any atom is 0.198 e. The molecule has 1 fully saturated rings. The van der Waals surface area contributed by atoms with E-state index in [1.54, 1.807) is 16.3 Å². The zero-order chi connectivity index (χ0) is 17.1. The Bertz CT molecular complexity index is 792. The van der Waals surface area contributed by atoms with Crippen LogP contribution in [0.25, 0.3) is 0 Å². The van der Waals surface area contributed by atoms with Gasteiger partial charge in [-0.1, -0.05) is 30.3 Å². The molecule has 1 aliphatic rings. The van der Waals surface area contributed by atoms with Crippen molar-refractivity contribution in [2.45, 2.75) is 38.1 Å². The third-order valence-electron chi connectivity index (χ3n) is 4.68. The van der Waals surface area contributed by atoms with Gasteiger partial charge in [0, 0.05) is 19.6 Å². The fourth-order valence-corrected chi connectivity index (χ4v) is 3.59. The maximum absolute atomic E-state index is 9.71. The molecule has 7 heteroatoms. The molecular weight excluding hydrogens is 322 g/mol. The Morgan fingerprint density at radius 1 is 1.42 bits per heavy atom. The van der Waals surface area contributed by atoms with Crippen LogP contribution in [-0.2, 0) is 20.3 Å². The summed E-state index contributed by atoms with van der Waals surface area (Å²) in [5, 5.41) is 23.4. The molecule has 3 rings (SSSR count). The maximum atomic E-state index is 9.71. The second-order valence-corrected chi connectivity index (χ2v) is 6.46. The molecular formula is C17H21N5OS. The van der Waals surface area contributed by atoms with Crippen molar-refractivity contribution < 1.29 is 5.11 Å². The molecule has 2 heterocycles. The first kappa shape index (κ1) is 16.8. The topological polar surface area (TPSA) is 70.0 Å². The van der Waals surface area contributed by atoms with Crippen molar-refractivity contribution in [2.75, 3.05) is 6.54 Å². The van der Waals surface area contributed by atoms with Crippen LogP contribution in [0.3, 0.4) is 0 Å². The summed E-state index contributed by atoms with van der Waals surface area (Å²) in [4.78, 5) is 2.27. The molecule has 2 atom stereocenters. The quantitative estimate of drug-likeness (QED) is 0.843. The number of aromatic nitrogens is 3. The van der Waals surface area contributed by atoms with Crippen molar-refractivity contribution in [1.29, 1.82) is 5.26 Å². The van der Waals surface area contributed by atoms with E-state index < -0.39 is 0 Å². The number of nitrogens with zero attached hydrogens (tertiary/aromatic N) is 5. The van der Waals surface area contributed by atoms with E-state index in [1.807, 2.05) is 30.3 Å². The Morgan fingerprint density at radius 2 is 2.17 bits per heavy atom. The molecule has 1 aliphatic heterocycles. The molecule has 1 N–H and O–H groups in total. The zero-order valence-corrected chi connectivity index (χ0v) is 14.5. The van der Waals surface area contributed by atoms with Gasteiger partial charge in [0.1, 0.15) is 6.61 Å². The number of hydrogen-bond donors (Lipinski definition) is 1. The van der Waals surface area contributed by atoms with E-state index in [0.29, 0.717) is 17.3 Å². The van der Waals surface area contributed by atoms with Crippen LogP contribution < -0.4 is 0 Å². The van der Waals surface area contributed by atoms with Crippen molar-refractivity contribution in [1.82, 2.24) is 19.2 Å². The van der Waals surface area contributed by atoms with Crippen molar-refractivity contribution >= 4 is 12.2 Å². The van der Waals surface area contributed by atoms with E-state index in [0.717, 1.165) is 24.9 Å². The van der Waals surface area contributed by atoms with E-state index >= 15 is 0 Å². The number of hydrogen-bond acceptors (Lipinski definition) is 5. The number of aliphatic hydroxyl groups is 1. The lowest BCUT2D eigenvalue weighted by Gasteiger charge is -2.28. The monoisotopic (exact) mass is 343 g/mol. The van der Waals surface area contributed by atoms with Crippen LogP contribution >= 0.6 is 12.2 Å². The lowest BCUT2D eigenvalue weighted by atomic mass is 9.91. The van der Waals surface area contributed by atoms with Gasteiger partial charge in [0.25, 0.3) is 0 Å². The van der Waals surface area contributed by atoms with Gasteiger partial charge in [0.05, 0.1) is 18.7 Å². The fraction of sp³-hybridized carbons (Fsp3) is 0.471. The summed E-state index contributed by atoms with van der Waals surface area (Å²) in [7, 11) is 1.81. The molecule has 0 spiro atoms. The molecule has 0 saturated carbocycles. The normalized spacial score (nSPS) is 19.3. The number of benzene rings is 1. The molecule has 0 aliphatic carbocycles. The fourth-order valence-electron chi connectivity index (χ4n) is 3.38. The van der Waals surface area contributed by atoms with Crippen LogP contribution in [0.4, 0.5) is 0 Å². The van der Waals surface area contributed by atoms with Crippen LogP contribution in [0.15, 0.2) is 30.3 Å². The number of likely N-dealkylation sites (tertiary alicyclic amines) is 1. The van der Waals surface area contributed by atoms with Crippen LogP contribution in [0.1, 0.15) is 30.1 Å². The van der Waals surface area contributed by atoms with Crippen LogP contribution in [-0.4, -0.2) is 36.9 Å². The van der Waals surface area contributed by atoms with Crippen molar-refractivity contribution in [3.63, 3.8) is 0 Å². The lowest BCUT2D eigenvalue weighted by molar-refractivity contribution is 0.177. The predicted molar refractivity (Wildman–Crippen MR) is 92.5 cm³/mol. The van der Waals surface area contributed by atoms with Gasteiger partial charge < -0.3 is 9.67 Å². The number of rotatable bonds is 5. The average Bonchev–Trinajstić information content (AvgIpc) is 3.17. The highest BCUT2D eigenvalue weighted by Gasteiger charge is 2.33. The molecule has 0 bridgehead atoms. The molecule has 6 nitrogen and oxygen atoms in total. The molecule has 1 aromatic heterocycles. The van der Waals surface area contributed by atoms with E-state index in [-0.39, 0.29) is 18.6 Å². The second kappa shape index (κ2) is 7.26. The Kier molecular flexibility index (Phi) is 5.09. The summed E-state index contributed by atoms with van der Waals surface area (Å²) in [5.41, 5.74) is 1.05. The Balaban J connectivity index is 1.83. The Labute approximate surface area is 146 Å². The van der Waals surface area contributed by atoms with E-state index in [9.17, 15) is 10.4 Å². The van der Waals surface area contributed by atoms with Crippen molar-refractivity contribution in [3.8, 4) is 6.07 Å². The second-order valence-electron chi connectivity index (χ2n) is 6.10. The van der Waals surface area contributed by atoms with Crippen LogP contribution in [0, 0.1) is 16.1 Å². The minimum absolute atomic E-state index is 0.137. The molecule has 2 aromatic rings. The summed E-state index contributed by atoms with van der Waals surface area (Å²) < 4.78 is 4.04. The first-order valence-corrected chi connectivity index (χ1v) is 8.48. The van der Waals surface area contributed by atoms with Crippen molar-refractivity contribution in [2.24, 2.45) is 7.05 Å². The van der Waals surface area contributed by atoms with Crippen molar-refractivity contribution in [3.05, 3.63) is 46.5 Å². The lowest BCUT2D eigenvalue weighted by Crippen LogP contribution is -2.36. The predicted octanol–water partition coefficient (Wildman–Crippen LogP) is 2.17. The minimum atomic E-state index is -0.163. The summed E-state index contributed by atoms with van der Waals surface area (Å²) in [6.45, 7) is 1.33. The minimum Gasteiger partial charge on any atom is -0.388 e. The largest absolute Gasteiger partial charge is 0.388 e. The summed E-state index contributed by atoms with van der Waals surface area (Å²) in [6, 6.07) is 12.6. The van der Waals surface area contributed by atoms with Gasteiger partial charge >= 0.3 is 0 Å². The summed E-state index contributed by atoms with van der Waals surface area (Å²) in [6.07, 6.45) is 2.04. The third-order valence-corrected chi connectivity index (χ3v) is 5.17. The summed E-state index contributed by atoms with van der Waals surface area (Å²) in [5.74, 6) is 0.388. The summed E-state index contributed by atoms with van der Waals surface area (Å²) >= 11 is 5.40. The van der Waals surface area contributed by atoms with Gasteiger partial charge in [-0.15, -0.1) is 0 Å². The Hall–Kier alpha value is -2.01. The van der Waals surface area contributed by atoms with E-state index in [1.165, 1.54) is 0 Å². The number of nitriles is 1. The molecule has 0 radical (unpaired) electrons. The van der Waals surface area contributed by atoms with Gasteiger partial charge in [0.15, 0.2) is 10.6 Å². The molecule has 1 aromatic carbocycles. The van der Waals surface area contributed by atoms with Crippen LogP contribution in [0.2, 0.25) is 0 Å². The standard InChI is InChI=1S/C17H21N5OS/c1-20-16(11-23)19-22(17(20)24)12-21-9-5-8-15(21)14(10-18)13-6-3-2-4-7-13/h2-4,6-7,14-15,23H,5,8-9,11-12H2,1H3. The van der Waals surface area contributed by atoms with Crippen LogP contribution in [0.5, 0.6) is 0 Å². The Morgan fingerprint density at radius 3 is 2.79 bits per heavy atom. The highest BCUT2D eigenvalue weighted by atomic mass is 32.1. The highest BCUT2D eigenvalue weighted by Crippen LogP contribution is 2.31.